The molecule has 0 aliphatic heterocycles. The van der Waals surface area contributed by atoms with Gasteiger partial charge in [0, 0.05) is 7.11 Å². The van der Waals surface area contributed by atoms with E-state index < -0.39 is 0 Å². The van der Waals surface area contributed by atoms with Crippen LogP contribution in [0.5, 0.6) is 17.2 Å². The molecule has 0 radical (unpaired) electrons. The molecule has 5 nitrogen and oxygen atoms in total. The fourth-order valence-electron chi connectivity index (χ4n) is 2.82. The highest BCUT2D eigenvalue weighted by Gasteiger charge is 2.17. The zero-order valence-electron chi connectivity index (χ0n) is 17.0. The average molecular weight is 404 g/mol. The summed E-state index contributed by atoms with van der Waals surface area (Å²) in [6.07, 6.45) is 3.25. The molecule has 3 aromatic rings. The molecule has 0 spiro atoms. The van der Waals surface area contributed by atoms with E-state index in [1.165, 1.54) is 13.2 Å². The number of ketones is 1. The molecule has 0 fully saturated rings. The Labute approximate surface area is 176 Å². The molecule has 0 unspecified atom stereocenters. The molecule has 3 rings (SSSR count). The number of methoxy groups -OCH3 is 2. The highest BCUT2D eigenvalue weighted by molar-refractivity contribution is 6.10. The van der Waals surface area contributed by atoms with E-state index in [1.807, 2.05) is 54.6 Å². The Morgan fingerprint density at radius 1 is 0.833 bits per heavy atom. The summed E-state index contributed by atoms with van der Waals surface area (Å²) in [5, 5.41) is 0. The van der Waals surface area contributed by atoms with Crippen LogP contribution in [0.2, 0.25) is 0 Å². The Hall–Kier alpha value is -3.57. The Morgan fingerprint density at radius 2 is 1.53 bits per heavy atom. The maximum absolute atomic E-state index is 13.0. The van der Waals surface area contributed by atoms with Crippen LogP contribution >= 0.6 is 0 Å². The quantitative estimate of drug-likeness (QED) is 0.266. The first-order chi connectivity index (χ1) is 14.7. The Bertz CT molecular complexity index is 978. The van der Waals surface area contributed by atoms with Crippen LogP contribution in [-0.4, -0.2) is 26.8 Å². The number of hydrogen-bond donors (Lipinski definition) is 0. The van der Waals surface area contributed by atoms with Crippen molar-refractivity contribution in [3.8, 4) is 17.2 Å². The van der Waals surface area contributed by atoms with Crippen LogP contribution in [0.1, 0.15) is 21.5 Å². The number of ether oxygens (including phenoxy) is 4. The SMILES string of the molecule is COCOc1cccc(OCc2ccccc2)c1C(=O)/C=C/c1ccc(OC)cc1. The molecule has 0 bridgehead atoms. The predicted molar refractivity (Wildman–Crippen MR) is 116 cm³/mol. The molecule has 0 saturated heterocycles. The standard InChI is InChI=1S/C25H24O5/c1-27-18-30-24-10-6-9-23(29-17-20-7-4-3-5-8-20)25(24)22(26)16-13-19-11-14-21(28-2)15-12-19/h3-16H,17-18H2,1-2H3/b16-13+. The van der Waals surface area contributed by atoms with Crippen molar-refractivity contribution in [1.29, 1.82) is 0 Å². The van der Waals surface area contributed by atoms with Gasteiger partial charge in [-0.15, -0.1) is 0 Å². The van der Waals surface area contributed by atoms with E-state index in [0.717, 1.165) is 16.9 Å². The molecular weight excluding hydrogens is 380 g/mol. The van der Waals surface area contributed by atoms with Gasteiger partial charge < -0.3 is 18.9 Å². The van der Waals surface area contributed by atoms with Gasteiger partial charge in [-0.05, 0) is 41.5 Å². The van der Waals surface area contributed by atoms with Crippen molar-refractivity contribution in [1.82, 2.24) is 0 Å². The minimum Gasteiger partial charge on any atom is -0.497 e. The van der Waals surface area contributed by atoms with E-state index in [1.54, 1.807) is 31.4 Å². The summed E-state index contributed by atoms with van der Waals surface area (Å²) in [6.45, 7) is 0.377. The summed E-state index contributed by atoms with van der Waals surface area (Å²) in [5.41, 5.74) is 2.24. The Kier molecular flexibility index (Phi) is 7.64. The second-order valence-electron chi connectivity index (χ2n) is 6.43. The molecule has 5 heteroatoms. The molecule has 0 N–H and O–H groups in total. The van der Waals surface area contributed by atoms with Crippen molar-refractivity contribution in [2.75, 3.05) is 21.0 Å². The molecule has 30 heavy (non-hydrogen) atoms. The van der Waals surface area contributed by atoms with Gasteiger partial charge in [-0.3, -0.25) is 4.79 Å². The predicted octanol–water partition coefficient (Wildman–Crippen LogP) is 5.15. The molecule has 0 atom stereocenters. The molecule has 154 valence electrons. The number of benzene rings is 3. The van der Waals surface area contributed by atoms with Gasteiger partial charge >= 0.3 is 0 Å². The smallest absolute Gasteiger partial charge is 0.193 e. The minimum atomic E-state index is -0.222. The first-order valence-corrected chi connectivity index (χ1v) is 9.49. The number of hydrogen-bond acceptors (Lipinski definition) is 5. The lowest BCUT2D eigenvalue weighted by atomic mass is 10.1. The zero-order chi connectivity index (χ0) is 21.2. The lowest BCUT2D eigenvalue weighted by molar-refractivity contribution is 0.0501. The molecule has 0 aliphatic carbocycles. The van der Waals surface area contributed by atoms with Gasteiger partial charge in [-0.2, -0.15) is 0 Å². The van der Waals surface area contributed by atoms with Crippen molar-refractivity contribution in [2.24, 2.45) is 0 Å². The molecular formula is C25H24O5. The molecule has 0 aromatic heterocycles. The molecule has 0 amide bonds. The van der Waals surface area contributed by atoms with Gasteiger partial charge in [0.15, 0.2) is 12.6 Å². The fourth-order valence-corrected chi connectivity index (χ4v) is 2.82. The molecule has 0 heterocycles. The number of allylic oxidation sites excluding steroid dienone is 1. The molecule has 0 aliphatic rings. The van der Waals surface area contributed by atoms with Gasteiger partial charge in [0.1, 0.15) is 29.4 Å². The van der Waals surface area contributed by atoms with Gasteiger partial charge in [0.05, 0.1) is 7.11 Å². The monoisotopic (exact) mass is 404 g/mol. The summed E-state index contributed by atoms with van der Waals surface area (Å²) in [4.78, 5) is 13.0. The molecule has 0 saturated carbocycles. The van der Waals surface area contributed by atoms with E-state index in [-0.39, 0.29) is 12.6 Å². The van der Waals surface area contributed by atoms with Crippen molar-refractivity contribution >= 4 is 11.9 Å². The minimum absolute atomic E-state index is 0.0324. The van der Waals surface area contributed by atoms with Crippen LogP contribution in [-0.2, 0) is 11.3 Å². The first kappa shape index (κ1) is 21.1. The third-order valence-corrected chi connectivity index (χ3v) is 4.35. The van der Waals surface area contributed by atoms with Gasteiger partial charge in [-0.1, -0.05) is 54.6 Å². The third kappa shape index (κ3) is 5.72. The topological polar surface area (TPSA) is 54.0 Å². The number of rotatable bonds is 10. The fraction of sp³-hybridized carbons (Fsp3) is 0.160. The summed E-state index contributed by atoms with van der Waals surface area (Å²) < 4.78 is 21.7. The zero-order valence-corrected chi connectivity index (χ0v) is 17.0. The highest BCUT2D eigenvalue weighted by Crippen LogP contribution is 2.30. The highest BCUT2D eigenvalue weighted by atomic mass is 16.7. The van der Waals surface area contributed by atoms with Crippen LogP contribution in [0.3, 0.4) is 0 Å². The summed E-state index contributed by atoms with van der Waals surface area (Å²) in [6, 6.07) is 22.5. The lowest BCUT2D eigenvalue weighted by Gasteiger charge is -2.14. The number of carbonyl (C=O) groups is 1. The van der Waals surface area contributed by atoms with Gasteiger partial charge in [0.25, 0.3) is 0 Å². The lowest BCUT2D eigenvalue weighted by Crippen LogP contribution is -2.08. The van der Waals surface area contributed by atoms with E-state index in [0.29, 0.717) is 23.7 Å². The normalized spacial score (nSPS) is 10.7. The van der Waals surface area contributed by atoms with Crippen molar-refractivity contribution < 1.29 is 23.7 Å². The Morgan fingerprint density at radius 3 is 2.20 bits per heavy atom. The van der Waals surface area contributed by atoms with Gasteiger partial charge in [0.2, 0.25) is 0 Å². The largest absolute Gasteiger partial charge is 0.497 e. The summed E-state index contributed by atoms with van der Waals surface area (Å²) >= 11 is 0. The average Bonchev–Trinajstić information content (AvgIpc) is 2.80. The van der Waals surface area contributed by atoms with E-state index >= 15 is 0 Å². The van der Waals surface area contributed by atoms with Crippen LogP contribution in [0.25, 0.3) is 6.08 Å². The van der Waals surface area contributed by atoms with Crippen molar-refractivity contribution in [2.45, 2.75) is 6.61 Å². The van der Waals surface area contributed by atoms with E-state index in [4.69, 9.17) is 18.9 Å². The van der Waals surface area contributed by atoms with Crippen LogP contribution in [0.15, 0.2) is 78.9 Å². The van der Waals surface area contributed by atoms with Crippen LogP contribution in [0, 0.1) is 0 Å². The summed E-state index contributed by atoms with van der Waals surface area (Å²) in [7, 11) is 3.14. The maximum Gasteiger partial charge on any atom is 0.193 e. The van der Waals surface area contributed by atoms with E-state index in [9.17, 15) is 4.79 Å². The van der Waals surface area contributed by atoms with Crippen molar-refractivity contribution in [3.05, 3.63) is 95.6 Å². The Balaban J connectivity index is 1.84. The second kappa shape index (κ2) is 10.8. The number of carbonyl (C=O) groups excluding carboxylic acids is 1. The van der Waals surface area contributed by atoms with Crippen LogP contribution < -0.4 is 14.2 Å². The third-order valence-electron chi connectivity index (χ3n) is 4.35. The van der Waals surface area contributed by atoms with Gasteiger partial charge in [-0.25, -0.2) is 0 Å². The van der Waals surface area contributed by atoms with E-state index in [2.05, 4.69) is 0 Å². The second-order valence-corrected chi connectivity index (χ2v) is 6.43. The summed E-state index contributed by atoms with van der Waals surface area (Å²) in [5.74, 6) is 1.40. The maximum atomic E-state index is 13.0. The van der Waals surface area contributed by atoms with Crippen LogP contribution in [0.4, 0.5) is 0 Å². The first-order valence-electron chi connectivity index (χ1n) is 9.49. The molecule has 3 aromatic carbocycles. The van der Waals surface area contributed by atoms with Crippen molar-refractivity contribution in [3.63, 3.8) is 0 Å².